The van der Waals surface area contributed by atoms with Gasteiger partial charge in [-0.3, -0.25) is 0 Å². The number of rotatable bonds is 6. The normalized spacial score (nSPS) is 13.5. The molecule has 2 N–H and O–H groups in total. The molecule has 2 aromatic carbocycles. The van der Waals surface area contributed by atoms with Crippen LogP contribution in [-0.2, 0) is 0 Å². The van der Waals surface area contributed by atoms with Crippen LogP contribution in [0.3, 0.4) is 0 Å². The maximum atomic E-state index is 6.11. The van der Waals surface area contributed by atoms with Crippen molar-refractivity contribution in [3.05, 3.63) is 58.6 Å². The number of hydrogen-bond donors (Lipinski definition) is 1. The van der Waals surface area contributed by atoms with Crippen molar-refractivity contribution in [2.75, 3.05) is 6.61 Å². The van der Waals surface area contributed by atoms with Crippen LogP contribution in [0.5, 0.6) is 11.5 Å². The fraction of sp³-hybridized carbons (Fsp3) is 0.294. The Morgan fingerprint density at radius 2 is 1.81 bits per heavy atom. The van der Waals surface area contributed by atoms with Crippen molar-refractivity contribution < 1.29 is 9.47 Å². The molecule has 2 rings (SSSR count). The third-order valence-electron chi connectivity index (χ3n) is 3.07. The Morgan fingerprint density at radius 3 is 2.48 bits per heavy atom. The zero-order valence-electron chi connectivity index (χ0n) is 12.3. The van der Waals surface area contributed by atoms with Gasteiger partial charge in [0, 0.05) is 22.1 Å². The molecular weight excluding hydrogens is 330 g/mol. The summed E-state index contributed by atoms with van der Waals surface area (Å²) in [6, 6.07) is 15.4. The summed E-state index contributed by atoms with van der Waals surface area (Å²) in [5.41, 5.74) is 7.14. The van der Waals surface area contributed by atoms with Gasteiger partial charge in [-0.15, -0.1) is 0 Å². The van der Waals surface area contributed by atoms with Crippen LogP contribution >= 0.6 is 15.9 Å². The van der Waals surface area contributed by atoms with Gasteiger partial charge in [-0.25, -0.2) is 0 Å². The lowest BCUT2D eigenvalue weighted by Gasteiger charge is -2.24. The minimum Gasteiger partial charge on any atom is -0.494 e. The van der Waals surface area contributed by atoms with Gasteiger partial charge in [0.2, 0.25) is 0 Å². The van der Waals surface area contributed by atoms with E-state index in [-0.39, 0.29) is 12.1 Å². The van der Waals surface area contributed by atoms with E-state index >= 15 is 0 Å². The highest BCUT2D eigenvalue weighted by Gasteiger charge is 2.20. The first-order chi connectivity index (χ1) is 10.1. The molecule has 0 heterocycles. The van der Waals surface area contributed by atoms with Crippen molar-refractivity contribution in [3.63, 3.8) is 0 Å². The standard InChI is InChI=1S/C17H20BrNO2/c1-3-20-13-7-6-8-14(11-13)21-17(12(2)19)15-9-4-5-10-16(15)18/h4-12,17H,3,19H2,1-2H3. The Bertz CT molecular complexity index is 587. The van der Waals surface area contributed by atoms with Crippen molar-refractivity contribution in [2.45, 2.75) is 26.0 Å². The van der Waals surface area contributed by atoms with Gasteiger partial charge >= 0.3 is 0 Å². The summed E-state index contributed by atoms with van der Waals surface area (Å²) in [6.45, 7) is 4.53. The van der Waals surface area contributed by atoms with E-state index in [1.807, 2.05) is 62.4 Å². The number of halogens is 1. The summed E-state index contributed by atoms with van der Waals surface area (Å²) in [6.07, 6.45) is -0.225. The zero-order valence-corrected chi connectivity index (χ0v) is 13.8. The molecule has 112 valence electrons. The van der Waals surface area contributed by atoms with Gasteiger partial charge in [-0.05, 0) is 32.0 Å². The van der Waals surface area contributed by atoms with E-state index in [9.17, 15) is 0 Å². The predicted octanol–water partition coefficient (Wildman–Crippen LogP) is 4.32. The van der Waals surface area contributed by atoms with Crippen LogP contribution < -0.4 is 15.2 Å². The Morgan fingerprint density at radius 1 is 1.10 bits per heavy atom. The highest BCUT2D eigenvalue weighted by atomic mass is 79.9. The van der Waals surface area contributed by atoms with Crippen LogP contribution in [0.1, 0.15) is 25.5 Å². The SMILES string of the molecule is CCOc1cccc(OC(c2ccccc2Br)C(C)N)c1. The van der Waals surface area contributed by atoms with Crippen LogP contribution in [0.2, 0.25) is 0 Å². The second-order valence-corrected chi connectivity index (χ2v) is 5.68. The van der Waals surface area contributed by atoms with Crippen LogP contribution in [-0.4, -0.2) is 12.6 Å². The lowest BCUT2D eigenvalue weighted by molar-refractivity contribution is 0.179. The Balaban J connectivity index is 2.25. The average Bonchev–Trinajstić information content (AvgIpc) is 2.46. The van der Waals surface area contributed by atoms with E-state index in [4.69, 9.17) is 15.2 Å². The molecule has 21 heavy (non-hydrogen) atoms. The smallest absolute Gasteiger partial charge is 0.140 e. The maximum Gasteiger partial charge on any atom is 0.140 e. The van der Waals surface area contributed by atoms with Crippen molar-refractivity contribution in [2.24, 2.45) is 5.73 Å². The number of benzene rings is 2. The molecule has 4 heteroatoms. The molecule has 0 radical (unpaired) electrons. The van der Waals surface area contributed by atoms with Crippen LogP contribution in [0.15, 0.2) is 53.0 Å². The molecule has 0 saturated carbocycles. The quantitative estimate of drug-likeness (QED) is 0.844. The highest BCUT2D eigenvalue weighted by molar-refractivity contribution is 9.10. The first-order valence-electron chi connectivity index (χ1n) is 7.01. The van der Waals surface area contributed by atoms with Gasteiger partial charge in [0.15, 0.2) is 0 Å². The fourth-order valence-corrected chi connectivity index (χ4v) is 2.62. The first-order valence-corrected chi connectivity index (χ1v) is 7.80. The predicted molar refractivity (Wildman–Crippen MR) is 88.8 cm³/mol. The molecule has 0 aliphatic heterocycles. The fourth-order valence-electron chi connectivity index (χ4n) is 2.11. The van der Waals surface area contributed by atoms with Gasteiger partial charge < -0.3 is 15.2 Å². The molecule has 3 nitrogen and oxygen atoms in total. The lowest BCUT2D eigenvalue weighted by Crippen LogP contribution is -2.29. The molecule has 0 aliphatic carbocycles. The molecule has 0 bridgehead atoms. The molecule has 0 fully saturated rings. The van der Waals surface area contributed by atoms with Crippen LogP contribution in [0.4, 0.5) is 0 Å². The average molecular weight is 350 g/mol. The van der Waals surface area contributed by atoms with Gasteiger partial charge in [0.25, 0.3) is 0 Å². The summed E-state index contributed by atoms with van der Waals surface area (Å²) in [4.78, 5) is 0. The maximum absolute atomic E-state index is 6.11. The van der Waals surface area contributed by atoms with E-state index in [1.54, 1.807) is 0 Å². The monoisotopic (exact) mass is 349 g/mol. The Labute approximate surface area is 134 Å². The first kappa shape index (κ1) is 15.9. The van der Waals surface area contributed by atoms with E-state index in [2.05, 4.69) is 15.9 Å². The lowest BCUT2D eigenvalue weighted by atomic mass is 10.0. The molecular formula is C17H20BrNO2. The molecule has 2 aromatic rings. The topological polar surface area (TPSA) is 44.5 Å². The second-order valence-electron chi connectivity index (χ2n) is 4.83. The highest BCUT2D eigenvalue weighted by Crippen LogP contribution is 2.30. The van der Waals surface area contributed by atoms with Crippen LogP contribution in [0, 0.1) is 0 Å². The van der Waals surface area contributed by atoms with Crippen molar-refractivity contribution in [1.82, 2.24) is 0 Å². The van der Waals surface area contributed by atoms with Gasteiger partial charge in [-0.2, -0.15) is 0 Å². The van der Waals surface area contributed by atoms with Crippen LogP contribution in [0.25, 0.3) is 0 Å². The third-order valence-corrected chi connectivity index (χ3v) is 3.79. The minimum atomic E-state index is -0.225. The second kappa shape index (κ2) is 7.48. The summed E-state index contributed by atoms with van der Waals surface area (Å²) >= 11 is 3.56. The zero-order chi connectivity index (χ0) is 15.2. The van der Waals surface area contributed by atoms with Crippen molar-refractivity contribution in [3.8, 4) is 11.5 Å². The summed E-state index contributed by atoms with van der Waals surface area (Å²) in [5.74, 6) is 1.55. The minimum absolute atomic E-state index is 0.139. The van der Waals surface area contributed by atoms with E-state index in [1.165, 1.54) is 0 Å². The molecule has 0 saturated heterocycles. The molecule has 0 spiro atoms. The molecule has 2 atom stereocenters. The van der Waals surface area contributed by atoms with Gasteiger partial charge in [0.05, 0.1) is 6.61 Å². The van der Waals surface area contributed by atoms with Crippen molar-refractivity contribution in [1.29, 1.82) is 0 Å². The largest absolute Gasteiger partial charge is 0.494 e. The Kier molecular flexibility index (Phi) is 5.65. The molecule has 2 unspecified atom stereocenters. The molecule has 0 amide bonds. The number of hydrogen-bond acceptors (Lipinski definition) is 3. The number of nitrogens with two attached hydrogens (primary N) is 1. The van der Waals surface area contributed by atoms with E-state index in [0.29, 0.717) is 6.61 Å². The molecule has 0 aromatic heterocycles. The summed E-state index contributed by atoms with van der Waals surface area (Å²) in [5, 5.41) is 0. The van der Waals surface area contributed by atoms with Gasteiger partial charge in [0.1, 0.15) is 17.6 Å². The summed E-state index contributed by atoms with van der Waals surface area (Å²) < 4.78 is 12.6. The third kappa shape index (κ3) is 4.22. The van der Waals surface area contributed by atoms with Crippen molar-refractivity contribution >= 4 is 15.9 Å². The Hall–Kier alpha value is -1.52. The van der Waals surface area contributed by atoms with E-state index < -0.39 is 0 Å². The number of ether oxygens (including phenoxy) is 2. The van der Waals surface area contributed by atoms with E-state index in [0.717, 1.165) is 21.5 Å². The molecule has 0 aliphatic rings. The summed E-state index contributed by atoms with van der Waals surface area (Å²) in [7, 11) is 0. The van der Waals surface area contributed by atoms with Gasteiger partial charge in [-0.1, -0.05) is 40.2 Å².